The monoisotopic (exact) mass is 875 g/mol. The van der Waals surface area contributed by atoms with Gasteiger partial charge in [0.1, 0.15) is 5.69 Å². The summed E-state index contributed by atoms with van der Waals surface area (Å²) in [5.41, 5.74) is 9.87. The zero-order valence-electron chi connectivity index (χ0n) is 37.0. The summed E-state index contributed by atoms with van der Waals surface area (Å²) in [4.78, 5) is 18.5. The van der Waals surface area contributed by atoms with E-state index in [4.69, 9.17) is 15.2 Å². The fourth-order valence-corrected chi connectivity index (χ4v) is 11.5. The summed E-state index contributed by atoms with van der Waals surface area (Å²) in [5.74, 6) is 1.11. The quantitative estimate of drug-likeness (QED) is 0.0932. The molecule has 0 aliphatic carbocycles. The van der Waals surface area contributed by atoms with Crippen LogP contribution in [0.2, 0.25) is 0 Å². The van der Waals surface area contributed by atoms with Crippen LogP contribution in [0.4, 0.5) is 0 Å². The van der Waals surface area contributed by atoms with Gasteiger partial charge in [0.15, 0.2) is 6.29 Å². The van der Waals surface area contributed by atoms with E-state index < -0.39 is 15.8 Å². The minimum atomic E-state index is -0.621. The van der Waals surface area contributed by atoms with Gasteiger partial charge < -0.3 is 22.0 Å². The first kappa shape index (κ1) is 50.4. The molecule has 0 saturated heterocycles. The van der Waals surface area contributed by atoms with Gasteiger partial charge in [-0.15, -0.1) is 0 Å². The summed E-state index contributed by atoms with van der Waals surface area (Å²) in [6.45, 7) is 2.06. The molecule has 0 amide bonds. The number of nitrogens with zero attached hydrogens (tertiary/aromatic N) is 2. The Labute approximate surface area is 400 Å². The fourth-order valence-electron chi connectivity index (χ4n) is 6.55. The van der Waals surface area contributed by atoms with Gasteiger partial charge in [0.05, 0.1) is 19.9 Å². The predicted molar refractivity (Wildman–Crippen MR) is 263 cm³/mol. The molecule has 63 heavy (non-hydrogen) atoms. The van der Waals surface area contributed by atoms with Gasteiger partial charge in [-0.2, -0.15) is 0 Å². The van der Waals surface area contributed by atoms with Gasteiger partial charge in [-0.3, -0.25) is 4.79 Å². The molecule has 11 heteroatoms. The predicted octanol–water partition coefficient (Wildman–Crippen LogP) is 4.68. The maximum Gasteiger partial charge on any atom is 1.00 e. The van der Waals surface area contributed by atoms with Crippen LogP contribution in [0.1, 0.15) is 28.7 Å². The van der Waals surface area contributed by atoms with Crippen LogP contribution in [-0.4, -0.2) is 38.9 Å². The van der Waals surface area contributed by atoms with Gasteiger partial charge in [0.25, 0.3) is 0 Å². The maximum atomic E-state index is 10.2. The molecule has 3 N–H and O–H groups in total. The van der Waals surface area contributed by atoms with E-state index >= 15 is 0 Å². The van der Waals surface area contributed by atoms with Crippen molar-refractivity contribution >= 4 is 62.4 Å². The molecule has 8 rings (SSSR count). The standard InChI is InChI=1S/C26H25N2OP.C19H18NP.C7H7NO2.B.Na.H/c1-29-26-18-10-12-22(28-26)20-27-19-21-11-8-9-17-25(21)30(23-13-4-2-5-14-23)24-15-6-3-7-16-24;20-15-16-9-7-8-14-19(16)21(17-10-3-1-4-11-17)18-12-5-2-6-13-18;1-10-7-4-2-3-6(5-9)8-7;;;/h2-18,27H,19-20H2,1H3;1-14H,15,20H2;2-5H,1H3;;;/q;;;;+1;-1. The van der Waals surface area contributed by atoms with Crippen molar-refractivity contribution in [2.45, 2.75) is 19.6 Å². The minimum absolute atomic E-state index is 0. The Bertz CT molecular complexity index is 2460. The van der Waals surface area contributed by atoms with Crippen LogP contribution < -0.4 is 81.9 Å². The summed E-state index contributed by atoms with van der Waals surface area (Å²) in [6.07, 6.45) is 0.683. The Morgan fingerprint density at radius 1 is 0.508 bits per heavy atom. The summed E-state index contributed by atoms with van der Waals surface area (Å²) in [7, 11) is 1.98. The maximum absolute atomic E-state index is 10.2. The summed E-state index contributed by atoms with van der Waals surface area (Å²) in [5, 5.41) is 11.7. The van der Waals surface area contributed by atoms with Crippen molar-refractivity contribution in [2.75, 3.05) is 14.2 Å². The van der Waals surface area contributed by atoms with E-state index in [1.54, 1.807) is 25.3 Å². The molecule has 0 aliphatic rings. The molecule has 7 nitrogen and oxygen atoms in total. The molecule has 8 aromatic rings. The molecule has 6 aromatic carbocycles. The molecule has 0 aliphatic heterocycles. The number of carbonyl (C=O) groups is 1. The molecule has 0 spiro atoms. The summed E-state index contributed by atoms with van der Waals surface area (Å²) >= 11 is 0. The van der Waals surface area contributed by atoms with E-state index in [1.807, 2.05) is 18.2 Å². The van der Waals surface area contributed by atoms with Crippen molar-refractivity contribution in [2.24, 2.45) is 5.73 Å². The Balaban J connectivity index is 0.000000279. The van der Waals surface area contributed by atoms with E-state index in [0.29, 0.717) is 36.8 Å². The Morgan fingerprint density at radius 3 is 1.35 bits per heavy atom. The smallest absolute Gasteiger partial charge is 1.00 e. The van der Waals surface area contributed by atoms with Crippen molar-refractivity contribution in [3.05, 3.63) is 229 Å². The van der Waals surface area contributed by atoms with Crippen LogP contribution in [0.5, 0.6) is 11.8 Å². The van der Waals surface area contributed by atoms with Gasteiger partial charge in [0, 0.05) is 40.2 Å². The van der Waals surface area contributed by atoms with Gasteiger partial charge in [-0.25, -0.2) is 9.97 Å². The normalized spacial score (nSPS) is 10.2. The number of nitrogens with one attached hydrogen (secondary N) is 1. The van der Waals surface area contributed by atoms with Gasteiger partial charge >= 0.3 is 29.6 Å². The molecule has 311 valence electrons. The number of carbonyl (C=O) groups excluding carboxylic acids is 1. The van der Waals surface area contributed by atoms with Crippen LogP contribution in [0, 0.1) is 0 Å². The van der Waals surface area contributed by atoms with Gasteiger partial charge in [0.2, 0.25) is 11.8 Å². The average molecular weight is 876 g/mol. The second kappa shape index (κ2) is 27.7. The number of methoxy groups -OCH3 is 2. The van der Waals surface area contributed by atoms with Crippen LogP contribution >= 0.6 is 15.8 Å². The minimum Gasteiger partial charge on any atom is -1.00 e. The molecular weight excluding hydrogens is 824 g/mol. The first-order valence-corrected chi connectivity index (χ1v) is 22.6. The third-order valence-corrected chi connectivity index (χ3v) is 14.5. The molecule has 2 aromatic heterocycles. The van der Waals surface area contributed by atoms with E-state index in [9.17, 15) is 4.79 Å². The van der Waals surface area contributed by atoms with Crippen molar-refractivity contribution in [3.63, 3.8) is 0 Å². The third kappa shape index (κ3) is 14.9. The van der Waals surface area contributed by atoms with Crippen LogP contribution in [-0.2, 0) is 19.6 Å². The zero-order chi connectivity index (χ0) is 42.5. The number of aromatic nitrogens is 2. The summed E-state index contributed by atoms with van der Waals surface area (Å²) < 4.78 is 10.0. The van der Waals surface area contributed by atoms with E-state index in [0.717, 1.165) is 12.2 Å². The second-order valence-corrected chi connectivity index (χ2v) is 17.8. The fraction of sp³-hybridized carbons (Fsp3) is 0.0962. The van der Waals surface area contributed by atoms with Crippen LogP contribution in [0.15, 0.2) is 206 Å². The topological polar surface area (TPSA) is 99.4 Å². The Hall–Kier alpha value is -5.27. The molecule has 3 radical (unpaired) electrons. The molecule has 0 unspecified atom stereocenters. The Kier molecular flexibility index (Phi) is 22.2. The number of rotatable bonds is 14. The number of pyridine rings is 2. The van der Waals surface area contributed by atoms with E-state index in [-0.39, 0.29) is 39.4 Å². The van der Waals surface area contributed by atoms with Gasteiger partial charge in [-0.05, 0) is 70.9 Å². The molecule has 0 fully saturated rings. The second-order valence-electron chi connectivity index (χ2n) is 13.5. The van der Waals surface area contributed by atoms with Crippen LogP contribution in [0.3, 0.4) is 0 Å². The van der Waals surface area contributed by atoms with E-state index in [2.05, 4.69) is 185 Å². The first-order valence-electron chi connectivity index (χ1n) is 19.9. The first-order chi connectivity index (χ1) is 30.1. The molecule has 2 heterocycles. The van der Waals surface area contributed by atoms with E-state index in [1.165, 1.54) is 50.1 Å². The SMILES string of the molecule is COc1cccc(C=O)n1.COc1cccc(CNCc2ccccc2P(c2ccccc2)c2ccccc2)n1.NCc1ccccc1P(c1ccccc1)c1ccccc1.[B].[H-].[Na+]. The average Bonchev–Trinajstić information content (AvgIpc) is 3.34. The number of aldehydes is 1. The van der Waals surface area contributed by atoms with Gasteiger partial charge in [-0.1, -0.05) is 182 Å². The number of hydrogen-bond acceptors (Lipinski definition) is 7. The molecule has 0 atom stereocenters. The van der Waals surface area contributed by atoms with Crippen molar-refractivity contribution in [1.82, 2.24) is 15.3 Å². The molecular formula is C52H51BN4NaO3P2. The largest absolute Gasteiger partial charge is 1.00 e. The number of benzene rings is 6. The van der Waals surface area contributed by atoms with Crippen molar-refractivity contribution < 1.29 is 45.3 Å². The third-order valence-electron chi connectivity index (χ3n) is 9.43. The Morgan fingerprint density at radius 2 is 0.905 bits per heavy atom. The zero-order valence-corrected chi connectivity index (χ0v) is 39.8. The van der Waals surface area contributed by atoms with Crippen LogP contribution in [0.25, 0.3) is 0 Å². The molecule has 0 bridgehead atoms. The number of nitrogens with two attached hydrogens (primary N) is 1. The number of ether oxygens (including phenoxy) is 2. The van der Waals surface area contributed by atoms with Crippen molar-refractivity contribution in [1.29, 1.82) is 0 Å². The molecule has 0 saturated carbocycles. The summed E-state index contributed by atoms with van der Waals surface area (Å²) in [6, 6.07) is 71.2. The number of hydrogen-bond donors (Lipinski definition) is 2. The van der Waals surface area contributed by atoms with Crippen molar-refractivity contribution in [3.8, 4) is 11.8 Å².